The highest BCUT2D eigenvalue weighted by Crippen LogP contribution is 2.29. The van der Waals surface area contributed by atoms with Gasteiger partial charge in [-0.1, -0.05) is 6.92 Å². The largest absolute Gasteiger partial charge is 0.368 e. The second-order valence-electron chi connectivity index (χ2n) is 3.98. The molecule has 6 nitrogen and oxygen atoms in total. The number of nitrogens with two attached hydrogens (primary N) is 1. The van der Waals surface area contributed by atoms with Gasteiger partial charge >= 0.3 is 0 Å². The molecule has 0 aromatic carbocycles. The van der Waals surface area contributed by atoms with Crippen LogP contribution in [-0.4, -0.2) is 32.2 Å². The summed E-state index contributed by atoms with van der Waals surface area (Å²) < 4.78 is 11.4. The number of nitrogens with one attached hydrogen (secondary N) is 2. The number of aryl methyl sites for hydroxylation is 1. The number of nitrogens with zero attached hydrogens (tertiary/aromatic N) is 2. The molecule has 1 unspecified atom stereocenters. The van der Waals surface area contributed by atoms with E-state index in [9.17, 15) is 4.21 Å². The Morgan fingerprint density at radius 3 is 2.95 bits per heavy atom. The van der Waals surface area contributed by atoms with E-state index in [1.165, 1.54) is 4.88 Å². The fourth-order valence-corrected chi connectivity index (χ4v) is 3.17. The van der Waals surface area contributed by atoms with Gasteiger partial charge in [-0.2, -0.15) is 4.98 Å². The van der Waals surface area contributed by atoms with Crippen LogP contribution in [0.3, 0.4) is 0 Å². The Bertz CT molecular complexity index is 598. The molecule has 2 rings (SSSR count). The average molecular weight is 299 g/mol. The van der Waals surface area contributed by atoms with Gasteiger partial charge in [0.05, 0.1) is 5.39 Å². The summed E-state index contributed by atoms with van der Waals surface area (Å²) in [5, 5.41) is 4.18. The fraction of sp³-hybridized carbons (Fsp3) is 0.455. The summed E-state index contributed by atoms with van der Waals surface area (Å²) in [7, 11) is -0.780. The van der Waals surface area contributed by atoms with Gasteiger partial charge < -0.3 is 5.32 Å². The Labute approximate surface area is 118 Å². The zero-order valence-corrected chi connectivity index (χ0v) is 12.5. The van der Waals surface area contributed by atoms with Crippen LogP contribution < -0.4 is 16.6 Å². The molecule has 0 bridgehead atoms. The molecule has 0 fully saturated rings. The van der Waals surface area contributed by atoms with Crippen LogP contribution in [0.25, 0.3) is 10.2 Å². The molecular weight excluding hydrogens is 282 g/mol. The van der Waals surface area contributed by atoms with E-state index < -0.39 is 10.8 Å². The normalized spacial score (nSPS) is 12.6. The van der Waals surface area contributed by atoms with Crippen molar-refractivity contribution in [3.8, 4) is 0 Å². The van der Waals surface area contributed by atoms with Crippen molar-refractivity contribution in [3.63, 3.8) is 0 Å². The molecule has 0 saturated carbocycles. The molecule has 0 aliphatic rings. The molecule has 104 valence electrons. The van der Waals surface area contributed by atoms with E-state index in [0.29, 0.717) is 24.0 Å². The van der Waals surface area contributed by atoms with Gasteiger partial charge in [0.15, 0.2) is 0 Å². The first-order valence-corrected chi connectivity index (χ1v) is 8.28. The van der Waals surface area contributed by atoms with Crippen molar-refractivity contribution >= 4 is 44.1 Å². The third-order valence-electron chi connectivity index (χ3n) is 2.59. The standard InChI is InChI=1S/C11H17N5OS2/c1-3-19(17)5-4-13-9-8-6-7(2)18-10(8)15-11(14-9)16-12/h6H,3-5,12H2,1-2H3,(H2,13,14,15,16). The van der Waals surface area contributed by atoms with Gasteiger partial charge in [-0.05, 0) is 13.0 Å². The zero-order chi connectivity index (χ0) is 13.8. The lowest BCUT2D eigenvalue weighted by atomic mass is 10.3. The maximum atomic E-state index is 11.4. The van der Waals surface area contributed by atoms with E-state index in [2.05, 4.69) is 20.7 Å². The second-order valence-corrected chi connectivity index (χ2v) is 7.08. The lowest BCUT2D eigenvalue weighted by molar-refractivity contribution is 0.684. The van der Waals surface area contributed by atoms with Crippen molar-refractivity contribution in [1.29, 1.82) is 0 Å². The Kier molecular flexibility index (Phi) is 4.67. The van der Waals surface area contributed by atoms with Gasteiger partial charge in [0.2, 0.25) is 5.95 Å². The molecule has 0 spiro atoms. The van der Waals surface area contributed by atoms with Crippen molar-refractivity contribution in [1.82, 2.24) is 9.97 Å². The molecule has 2 aromatic rings. The van der Waals surface area contributed by atoms with Gasteiger partial charge in [0.1, 0.15) is 10.6 Å². The molecule has 0 amide bonds. The highest BCUT2D eigenvalue weighted by atomic mass is 32.2. The summed E-state index contributed by atoms with van der Waals surface area (Å²) in [6, 6.07) is 2.04. The first-order chi connectivity index (χ1) is 9.13. The summed E-state index contributed by atoms with van der Waals surface area (Å²) in [5.41, 5.74) is 2.46. The van der Waals surface area contributed by atoms with Crippen LogP contribution in [0, 0.1) is 6.92 Å². The second kappa shape index (κ2) is 6.27. The lowest BCUT2D eigenvalue weighted by Crippen LogP contribution is -2.15. The number of hydrogen-bond donors (Lipinski definition) is 3. The average Bonchev–Trinajstić information content (AvgIpc) is 2.78. The summed E-state index contributed by atoms with van der Waals surface area (Å²) >= 11 is 1.59. The van der Waals surface area contributed by atoms with Crippen LogP contribution >= 0.6 is 11.3 Å². The van der Waals surface area contributed by atoms with Gasteiger partial charge in [-0.15, -0.1) is 11.3 Å². The number of rotatable bonds is 6. The molecular formula is C11H17N5OS2. The van der Waals surface area contributed by atoms with E-state index in [4.69, 9.17) is 5.84 Å². The number of aromatic nitrogens is 2. The smallest absolute Gasteiger partial charge is 0.240 e. The molecule has 8 heteroatoms. The summed E-state index contributed by atoms with van der Waals surface area (Å²) in [6.45, 7) is 4.56. The fourth-order valence-electron chi connectivity index (χ4n) is 1.67. The first-order valence-electron chi connectivity index (χ1n) is 5.97. The topological polar surface area (TPSA) is 92.9 Å². The van der Waals surface area contributed by atoms with Crippen molar-refractivity contribution in [2.75, 3.05) is 28.8 Å². The first kappa shape index (κ1) is 14.2. The van der Waals surface area contributed by atoms with Gasteiger partial charge in [0.25, 0.3) is 0 Å². The highest BCUT2D eigenvalue weighted by Gasteiger charge is 2.10. The predicted molar refractivity (Wildman–Crippen MR) is 82.0 cm³/mol. The van der Waals surface area contributed by atoms with Crippen molar-refractivity contribution in [3.05, 3.63) is 10.9 Å². The van der Waals surface area contributed by atoms with Gasteiger partial charge in [-0.25, -0.2) is 10.8 Å². The van der Waals surface area contributed by atoms with Crippen LogP contribution in [-0.2, 0) is 10.8 Å². The van der Waals surface area contributed by atoms with E-state index in [1.807, 2.05) is 19.9 Å². The quantitative estimate of drug-likeness (QED) is 0.552. The molecule has 19 heavy (non-hydrogen) atoms. The Balaban J connectivity index is 2.22. The van der Waals surface area contributed by atoms with Gasteiger partial charge in [0, 0.05) is 33.7 Å². The summed E-state index contributed by atoms with van der Waals surface area (Å²) in [6.07, 6.45) is 0. The Morgan fingerprint density at radius 2 is 2.26 bits per heavy atom. The van der Waals surface area contributed by atoms with Crippen LogP contribution in [0.2, 0.25) is 0 Å². The van der Waals surface area contributed by atoms with Crippen LogP contribution in [0.1, 0.15) is 11.8 Å². The summed E-state index contributed by atoms with van der Waals surface area (Å²) in [5.74, 6) is 7.77. The SMILES string of the molecule is CCS(=O)CCNc1nc(NN)nc2sc(C)cc12. The molecule has 2 aromatic heterocycles. The number of anilines is 2. The van der Waals surface area contributed by atoms with Crippen molar-refractivity contribution < 1.29 is 4.21 Å². The number of hydrogen-bond acceptors (Lipinski definition) is 7. The maximum Gasteiger partial charge on any atom is 0.240 e. The molecule has 0 radical (unpaired) electrons. The molecule has 4 N–H and O–H groups in total. The van der Waals surface area contributed by atoms with Crippen molar-refractivity contribution in [2.45, 2.75) is 13.8 Å². The number of thiophene rings is 1. The van der Waals surface area contributed by atoms with E-state index >= 15 is 0 Å². The van der Waals surface area contributed by atoms with Crippen molar-refractivity contribution in [2.24, 2.45) is 5.84 Å². The predicted octanol–water partition coefficient (Wildman–Crippen LogP) is 1.47. The van der Waals surface area contributed by atoms with E-state index in [0.717, 1.165) is 16.0 Å². The van der Waals surface area contributed by atoms with E-state index in [1.54, 1.807) is 11.3 Å². The van der Waals surface area contributed by atoms with Crippen LogP contribution in [0.5, 0.6) is 0 Å². The molecule has 0 aliphatic carbocycles. The third kappa shape index (κ3) is 3.40. The number of hydrazine groups is 1. The maximum absolute atomic E-state index is 11.4. The summed E-state index contributed by atoms with van der Waals surface area (Å²) in [4.78, 5) is 10.7. The minimum absolute atomic E-state index is 0.383. The Morgan fingerprint density at radius 1 is 1.47 bits per heavy atom. The van der Waals surface area contributed by atoms with Crippen LogP contribution in [0.4, 0.5) is 11.8 Å². The third-order valence-corrected chi connectivity index (χ3v) is 4.84. The Hall–Kier alpha value is -1.25. The van der Waals surface area contributed by atoms with Gasteiger partial charge in [-0.3, -0.25) is 9.63 Å². The van der Waals surface area contributed by atoms with Crippen LogP contribution in [0.15, 0.2) is 6.07 Å². The lowest BCUT2D eigenvalue weighted by Gasteiger charge is -2.07. The zero-order valence-electron chi connectivity index (χ0n) is 10.9. The minimum atomic E-state index is -0.780. The molecule has 0 aliphatic heterocycles. The minimum Gasteiger partial charge on any atom is -0.368 e. The molecule has 2 heterocycles. The highest BCUT2D eigenvalue weighted by molar-refractivity contribution is 7.84. The molecule has 0 saturated heterocycles. The number of fused-ring (bicyclic) bond motifs is 1. The van der Waals surface area contributed by atoms with E-state index in [-0.39, 0.29) is 0 Å². The molecule has 1 atom stereocenters. The monoisotopic (exact) mass is 299 g/mol. The number of nitrogen functional groups attached to an aromatic ring is 1.